The van der Waals surface area contributed by atoms with E-state index in [1.165, 1.54) is 16.7 Å². The van der Waals surface area contributed by atoms with Crippen LogP contribution >= 0.6 is 11.6 Å². The molecule has 0 radical (unpaired) electrons. The molecule has 0 spiro atoms. The molecule has 2 aromatic carbocycles. The van der Waals surface area contributed by atoms with Crippen molar-refractivity contribution in [3.05, 3.63) is 64.1 Å². The van der Waals surface area contributed by atoms with Crippen molar-refractivity contribution in [1.82, 2.24) is 14.5 Å². The molecule has 0 atom stereocenters. The van der Waals surface area contributed by atoms with Gasteiger partial charge < -0.3 is 9.80 Å². The van der Waals surface area contributed by atoms with Gasteiger partial charge in [-0.15, -0.1) is 0 Å². The van der Waals surface area contributed by atoms with Crippen LogP contribution < -0.4 is 10.6 Å². The normalized spacial score (nSPS) is 17.0. The third kappa shape index (κ3) is 3.79. The van der Waals surface area contributed by atoms with Crippen molar-refractivity contribution in [2.45, 2.75) is 11.4 Å². The highest BCUT2D eigenvalue weighted by molar-refractivity contribution is 7.91. The van der Waals surface area contributed by atoms with Crippen LogP contribution in [0.15, 0.2) is 46.6 Å². The Morgan fingerprint density at radius 1 is 1.11 bits per heavy atom. The fourth-order valence-electron chi connectivity index (χ4n) is 4.64. The van der Waals surface area contributed by atoms with Crippen LogP contribution in [0.4, 0.5) is 14.6 Å². The Morgan fingerprint density at radius 2 is 1.83 bits per heavy atom. The van der Waals surface area contributed by atoms with Crippen LogP contribution in [-0.2, 0) is 21.2 Å². The molecule has 1 amide bonds. The predicted octanol–water partition coefficient (Wildman–Crippen LogP) is 2.62. The number of carbonyl (C=O) groups is 1. The van der Waals surface area contributed by atoms with Gasteiger partial charge in [0.2, 0.25) is 5.91 Å². The number of aromatic nitrogens is 2. The predicted molar refractivity (Wildman–Crippen MR) is 127 cm³/mol. The summed E-state index contributed by atoms with van der Waals surface area (Å²) in [6.45, 7) is 4.77. The number of anilines is 1. The van der Waals surface area contributed by atoms with Crippen molar-refractivity contribution >= 4 is 44.1 Å². The average molecular weight is 521 g/mol. The highest BCUT2D eigenvalue weighted by atomic mass is 35.5. The van der Waals surface area contributed by atoms with Gasteiger partial charge in [-0.2, -0.15) is 4.98 Å². The maximum atomic E-state index is 14.8. The third-order valence-electron chi connectivity index (χ3n) is 6.31. The van der Waals surface area contributed by atoms with E-state index in [1.807, 2.05) is 0 Å². The summed E-state index contributed by atoms with van der Waals surface area (Å²) in [5.74, 6) is -2.17. The Labute approximate surface area is 204 Å². The maximum absolute atomic E-state index is 14.8. The zero-order chi connectivity index (χ0) is 25.1. The minimum absolute atomic E-state index is 0.0720. The summed E-state index contributed by atoms with van der Waals surface area (Å²) in [6.07, 6.45) is 1.23. The van der Waals surface area contributed by atoms with Crippen molar-refractivity contribution < 1.29 is 22.0 Å². The van der Waals surface area contributed by atoms with Gasteiger partial charge in [-0.25, -0.2) is 22.0 Å². The molecular formula is C23H19ClF2N4O4S. The van der Waals surface area contributed by atoms with Gasteiger partial charge >= 0.3 is 5.69 Å². The lowest BCUT2D eigenvalue weighted by atomic mass is 10.0. The van der Waals surface area contributed by atoms with Gasteiger partial charge in [0.15, 0.2) is 9.84 Å². The summed E-state index contributed by atoms with van der Waals surface area (Å²) in [4.78, 5) is 32.2. The molecular weight excluding hydrogens is 502 g/mol. The fourth-order valence-corrected chi connectivity index (χ4v) is 6.67. The molecule has 0 bridgehead atoms. The molecule has 3 heterocycles. The molecule has 2 aliphatic rings. The highest BCUT2D eigenvalue weighted by Crippen LogP contribution is 2.44. The Morgan fingerprint density at radius 3 is 2.49 bits per heavy atom. The van der Waals surface area contributed by atoms with E-state index in [2.05, 4.69) is 11.6 Å². The van der Waals surface area contributed by atoms with Gasteiger partial charge in [0.05, 0.1) is 16.3 Å². The van der Waals surface area contributed by atoms with E-state index in [0.29, 0.717) is 37.6 Å². The molecule has 8 nitrogen and oxygen atoms in total. The Hall–Kier alpha value is -3.31. The first-order valence-electron chi connectivity index (χ1n) is 10.7. The van der Waals surface area contributed by atoms with Crippen molar-refractivity contribution in [1.29, 1.82) is 0 Å². The summed E-state index contributed by atoms with van der Waals surface area (Å²) < 4.78 is 56.1. The molecule has 182 valence electrons. The monoisotopic (exact) mass is 520 g/mol. The van der Waals surface area contributed by atoms with Crippen LogP contribution in [0.2, 0.25) is 5.02 Å². The third-order valence-corrected chi connectivity index (χ3v) is 8.35. The fraction of sp³-hybridized carbons (Fsp3) is 0.261. The topological polar surface area (TPSA) is 92.6 Å². The number of nitrogens with zero attached hydrogens (tertiary/aromatic N) is 4. The molecule has 3 aromatic rings. The Bertz CT molecular complexity index is 1580. The smallest absolute Gasteiger partial charge is 0.350 e. The van der Waals surface area contributed by atoms with E-state index in [1.54, 1.807) is 9.80 Å². The summed E-state index contributed by atoms with van der Waals surface area (Å²) in [5.41, 5.74) is -0.879. The van der Waals surface area contributed by atoms with Gasteiger partial charge in [-0.05, 0) is 24.3 Å². The van der Waals surface area contributed by atoms with Crippen LogP contribution in [0.3, 0.4) is 0 Å². The molecule has 35 heavy (non-hydrogen) atoms. The number of rotatable bonds is 3. The molecule has 1 saturated heterocycles. The van der Waals surface area contributed by atoms with E-state index in [-0.39, 0.29) is 44.8 Å². The first-order valence-corrected chi connectivity index (χ1v) is 12.8. The first kappa shape index (κ1) is 23.4. The number of hydrogen-bond donors (Lipinski definition) is 0. The zero-order valence-electron chi connectivity index (χ0n) is 18.3. The lowest BCUT2D eigenvalue weighted by Crippen LogP contribution is -2.49. The van der Waals surface area contributed by atoms with Crippen molar-refractivity contribution in [2.24, 2.45) is 0 Å². The molecule has 5 rings (SSSR count). The highest BCUT2D eigenvalue weighted by Gasteiger charge is 2.34. The SMILES string of the molecule is C=CC(=O)N1CCN(c2nc(=O)n3c4c(c(-c5ccc(F)cc5F)c(Cl)cc24)S(=O)(=O)CC3)CC1. The second-order valence-electron chi connectivity index (χ2n) is 8.29. The second kappa shape index (κ2) is 8.42. The summed E-state index contributed by atoms with van der Waals surface area (Å²) in [7, 11) is -3.98. The van der Waals surface area contributed by atoms with Gasteiger partial charge in [0, 0.05) is 55.3 Å². The first-order chi connectivity index (χ1) is 16.6. The lowest BCUT2D eigenvalue weighted by Gasteiger charge is -2.36. The minimum Gasteiger partial charge on any atom is -0.352 e. The van der Waals surface area contributed by atoms with E-state index in [4.69, 9.17) is 11.6 Å². The second-order valence-corrected chi connectivity index (χ2v) is 10.7. The van der Waals surface area contributed by atoms with Crippen LogP contribution in [0, 0.1) is 11.6 Å². The largest absolute Gasteiger partial charge is 0.352 e. The maximum Gasteiger partial charge on any atom is 0.350 e. The number of amides is 1. The number of benzene rings is 2. The molecule has 0 aliphatic carbocycles. The number of hydrogen-bond acceptors (Lipinski definition) is 6. The van der Waals surface area contributed by atoms with Gasteiger partial charge in [-0.1, -0.05) is 18.2 Å². The number of carbonyl (C=O) groups excluding carboxylic acids is 1. The number of sulfone groups is 1. The Kier molecular flexibility index (Phi) is 5.64. The summed E-state index contributed by atoms with van der Waals surface area (Å²) >= 11 is 6.55. The summed E-state index contributed by atoms with van der Waals surface area (Å²) in [5, 5.41) is 0.250. The van der Waals surface area contributed by atoms with Crippen molar-refractivity contribution in [3.63, 3.8) is 0 Å². The van der Waals surface area contributed by atoms with Crippen LogP contribution in [-0.4, -0.2) is 60.7 Å². The molecule has 12 heteroatoms. The number of halogens is 3. The minimum atomic E-state index is -3.98. The summed E-state index contributed by atoms with van der Waals surface area (Å²) in [6, 6.07) is 4.24. The van der Waals surface area contributed by atoms with E-state index in [0.717, 1.165) is 12.1 Å². The average Bonchev–Trinajstić information content (AvgIpc) is 2.82. The lowest BCUT2D eigenvalue weighted by molar-refractivity contribution is -0.126. The molecule has 2 aliphatic heterocycles. The van der Waals surface area contributed by atoms with Crippen molar-refractivity contribution in [2.75, 3.05) is 36.8 Å². The quantitative estimate of drug-likeness (QED) is 0.493. The van der Waals surface area contributed by atoms with Gasteiger partial charge in [-0.3, -0.25) is 9.36 Å². The van der Waals surface area contributed by atoms with E-state index in [9.17, 15) is 26.8 Å². The molecule has 0 N–H and O–H groups in total. The standard InChI is InChI=1S/C23H19ClF2N4O4S/c1-2-18(31)28-5-7-29(8-6-28)22-15-12-16(24)19(14-4-3-13(25)11-17(14)26)21-20(15)30(23(32)27-22)9-10-35(21,33)34/h2-4,11-12H,1,5-10H2. The van der Waals surface area contributed by atoms with Crippen LogP contribution in [0.25, 0.3) is 22.0 Å². The number of aryl methyl sites for hydroxylation is 1. The molecule has 0 saturated carbocycles. The zero-order valence-corrected chi connectivity index (χ0v) is 19.9. The Balaban J connectivity index is 1.77. The van der Waals surface area contributed by atoms with E-state index >= 15 is 0 Å². The van der Waals surface area contributed by atoms with E-state index < -0.39 is 32.9 Å². The molecule has 1 fully saturated rings. The van der Waals surface area contributed by atoms with Crippen LogP contribution in [0.1, 0.15) is 0 Å². The van der Waals surface area contributed by atoms with Gasteiger partial charge in [0.25, 0.3) is 0 Å². The van der Waals surface area contributed by atoms with Crippen LogP contribution in [0.5, 0.6) is 0 Å². The molecule has 0 unspecified atom stereocenters. The van der Waals surface area contributed by atoms with Gasteiger partial charge in [0.1, 0.15) is 22.3 Å². The molecule has 1 aromatic heterocycles. The van der Waals surface area contributed by atoms with Crippen molar-refractivity contribution in [3.8, 4) is 11.1 Å². The number of piperazine rings is 1.